The average Bonchev–Trinajstić information content (AvgIpc) is 2.73. The van der Waals surface area contributed by atoms with Crippen molar-refractivity contribution in [3.63, 3.8) is 0 Å². The van der Waals surface area contributed by atoms with Crippen molar-refractivity contribution in [2.24, 2.45) is 0 Å². The molecule has 2 amide bonds. The Morgan fingerprint density at radius 3 is 1.90 bits per heavy atom. The zero-order valence-corrected chi connectivity index (χ0v) is 17.7. The molecule has 0 aliphatic carbocycles. The van der Waals surface area contributed by atoms with E-state index < -0.39 is 6.04 Å². The molecule has 7 heteroatoms. The molecule has 2 aromatic rings. The Morgan fingerprint density at radius 1 is 0.933 bits per heavy atom. The zero-order chi connectivity index (χ0) is 21.5. The van der Waals surface area contributed by atoms with Crippen molar-refractivity contribution in [2.75, 3.05) is 53.4 Å². The minimum Gasteiger partial charge on any atom is -0.327 e. The number of nitrogens with one attached hydrogen (secondary N) is 1. The number of hydrogen-bond donors (Lipinski definition) is 1. The number of urea groups is 1. The third kappa shape index (κ3) is 6.24. The maximum absolute atomic E-state index is 13.4. The second-order valence-electron chi connectivity index (χ2n) is 7.97. The van der Waals surface area contributed by atoms with E-state index in [4.69, 9.17) is 0 Å². The Morgan fingerprint density at radius 2 is 1.43 bits per heavy atom. The predicted octanol–water partition coefficient (Wildman–Crippen LogP) is 3.33. The molecule has 1 N–H and O–H groups in total. The number of carbonyl (C=O) groups excluding carboxylic acids is 1. The quantitative estimate of drug-likeness (QED) is 0.753. The molecule has 0 atom stereocenters. The Hall–Kier alpha value is -2.51. The molecule has 3 rings (SSSR count). The van der Waals surface area contributed by atoms with Gasteiger partial charge in [-0.05, 0) is 69.0 Å². The van der Waals surface area contributed by atoms with Crippen molar-refractivity contribution >= 4 is 6.03 Å². The maximum atomic E-state index is 13.4. The standard InChI is InChI=1S/C23H30F2N4O/c1-27(2)12-3-13-28-14-16-29(17-15-28)23(30)26-22(18-4-8-20(24)9-5-18)19-6-10-21(25)11-7-19/h4-11,22H,3,12-17H2,1-2H3,(H,26,30). The van der Waals surface area contributed by atoms with Gasteiger partial charge in [0.15, 0.2) is 0 Å². The van der Waals surface area contributed by atoms with Crippen LogP contribution in [0.2, 0.25) is 0 Å². The normalized spacial score (nSPS) is 15.1. The molecular weight excluding hydrogens is 386 g/mol. The third-order valence-electron chi connectivity index (χ3n) is 5.41. The van der Waals surface area contributed by atoms with E-state index in [1.807, 2.05) is 4.90 Å². The van der Waals surface area contributed by atoms with E-state index in [1.165, 1.54) is 24.3 Å². The highest BCUT2D eigenvalue weighted by Crippen LogP contribution is 2.23. The summed E-state index contributed by atoms with van der Waals surface area (Å²) >= 11 is 0. The van der Waals surface area contributed by atoms with Gasteiger partial charge in [0.25, 0.3) is 0 Å². The number of hydrogen-bond acceptors (Lipinski definition) is 3. The molecule has 0 spiro atoms. The fourth-order valence-electron chi connectivity index (χ4n) is 3.67. The lowest BCUT2D eigenvalue weighted by atomic mass is 9.98. The first-order valence-electron chi connectivity index (χ1n) is 10.4. The van der Waals surface area contributed by atoms with Crippen LogP contribution < -0.4 is 5.32 Å². The van der Waals surface area contributed by atoms with Crippen LogP contribution in [0.3, 0.4) is 0 Å². The zero-order valence-electron chi connectivity index (χ0n) is 17.7. The minimum atomic E-state index is -0.475. The summed E-state index contributed by atoms with van der Waals surface area (Å²) < 4.78 is 26.8. The molecular formula is C23H30F2N4O. The van der Waals surface area contributed by atoms with E-state index in [9.17, 15) is 13.6 Å². The lowest BCUT2D eigenvalue weighted by molar-refractivity contribution is 0.135. The van der Waals surface area contributed by atoms with Crippen molar-refractivity contribution in [3.8, 4) is 0 Å². The highest BCUT2D eigenvalue weighted by molar-refractivity contribution is 5.75. The topological polar surface area (TPSA) is 38.8 Å². The van der Waals surface area contributed by atoms with Crippen molar-refractivity contribution in [1.29, 1.82) is 0 Å². The van der Waals surface area contributed by atoms with Crippen LogP contribution in [-0.2, 0) is 0 Å². The van der Waals surface area contributed by atoms with E-state index in [0.717, 1.165) is 43.7 Å². The second kappa shape index (κ2) is 10.5. The van der Waals surface area contributed by atoms with Gasteiger partial charge in [-0.25, -0.2) is 13.6 Å². The number of carbonyl (C=O) groups is 1. The summed E-state index contributed by atoms with van der Waals surface area (Å²) in [4.78, 5) is 19.3. The third-order valence-corrected chi connectivity index (χ3v) is 5.41. The first-order valence-corrected chi connectivity index (χ1v) is 10.4. The Labute approximate surface area is 177 Å². The van der Waals surface area contributed by atoms with E-state index in [2.05, 4.69) is 29.2 Å². The molecule has 0 bridgehead atoms. The number of nitrogens with zero attached hydrogens (tertiary/aromatic N) is 3. The fourth-order valence-corrected chi connectivity index (χ4v) is 3.67. The van der Waals surface area contributed by atoms with Crippen LogP contribution in [0.25, 0.3) is 0 Å². The summed E-state index contributed by atoms with van der Waals surface area (Å²) in [6.45, 7) is 5.09. The summed E-state index contributed by atoms with van der Waals surface area (Å²) in [5.74, 6) is -0.679. The van der Waals surface area contributed by atoms with Gasteiger partial charge in [-0.1, -0.05) is 24.3 Å². The fraction of sp³-hybridized carbons (Fsp3) is 0.435. The molecule has 1 saturated heterocycles. The van der Waals surface area contributed by atoms with Crippen LogP contribution in [0.1, 0.15) is 23.6 Å². The summed E-state index contributed by atoms with van der Waals surface area (Å²) in [5, 5.41) is 3.05. The van der Waals surface area contributed by atoms with Crippen LogP contribution in [-0.4, -0.2) is 74.1 Å². The Bertz CT molecular complexity index is 757. The highest BCUT2D eigenvalue weighted by Gasteiger charge is 2.24. The summed E-state index contributed by atoms with van der Waals surface area (Å²) in [6, 6.07) is 11.4. The van der Waals surface area contributed by atoms with Crippen LogP contribution >= 0.6 is 0 Å². The SMILES string of the molecule is CN(C)CCCN1CCN(C(=O)NC(c2ccc(F)cc2)c2ccc(F)cc2)CC1. The van der Waals surface area contributed by atoms with Gasteiger partial charge in [-0.15, -0.1) is 0 Å². The maximum Gasteiger partial charge on any atom is 0.318 e. The first-order chi connectivity index (χ1) is 14.4. The largest absolute Gasteiger partial charge is 0.327 e. The molecule has 1 aliphatic rings. The molecule has 1 fully saturated rings. The molecule has 0 radical (unpaired) electrons. The number of amides is 2. The second-order valence-corrected chi connectivity index (χ2v) is 7.97. The number of rotatable bonds is 7. The minimum absolute atomic E-state index is 0.165. The van der Waals surface area contributed by atoms with Crippen LogP contribution in [0, 0.1) is 11.6 Å². The first kappa shape index (κ1) is 22.2. The van der Waals surface area contributed by atoms with E-state index in [1.54, 1.807) is 24.3 Å². The van der Waals surface area contributed by atoms with E-state index >= 15 is 0 Å². The van der Waals surface area contributed by atoms with Gasteiger partial charge in [0.1, 0.15) is 11.6 Å². The van der Waals surface area contributed by atoms with Crippen molar-refractivity contribution in [2.45, 2.75) is 12.5 Å². The average molecular weight is 417 g/mol. The van der Waals surface area contributed by atoms with Gasteiger partial charge in [-0.2, -0.15) is 0 Å². The van der Waals surface area contributed by atoms with Gasteiger partial charge in [0, 0.05) is 26.2 Å². The Kier molecular flexibility index (Phi) is 7.76. The summed E-state index contributed by atoms with van der Waals surface area (Å²) in [6.07, 6.45) is 1.11. The lowest BCUT2D eigenvalue weighted by Crippen LogP contribution is -2.52. The van der Waals surface area contributed by atoms with Crippen LogP contribution in [0.5, 0.6) is 0 Å². The smallest absolute Gasteiger partial charge is 0.318 e. The molecule has 0 unspecified atom stereocenters. The molecule has 5 nitrogen and oxygen atoms in total. The van der Waals surface area contributed by atoms with Gasteiger partial charge in [0.05, 0.1) is 6.04 Å². The molecule has 0 aromatic heterocycles. The Balaban J connectivity index is 1.62. The summed E-state index contributed by atoms with van der Waals surface area (Å²) in [7, 11) is 4.14. The number of piperazine rings is 1. The number of halogens is 2. The summed E-state index contributed by atoms with van der Waals surface area (Å²) in [5.41, 5.74) is 1.50. The van der Waals surface area contributed by atoms with Crippen molar-refractivity contribution in [1.82, 2.24) is 20.0 Å². The van der Waals surface area contributed by atoms with E-state index in [0.29, 0.717) is 13.1 Å². The predicted molar refractivity (Wildman–Crippen MR) is 114 cm³/mol. The molecule has 1 aliphatic heterocycles. The van der Waals surface area contributed by atoms with Gasteiger partial charge >= 0.3 is 6.03 Å². The lowest BCUT2D eigenvalue weighted by Gasteiger charge is -2.35. The van der Waals surface area contributed by atoms with Crippen molar-refractivity contribution < 1.29 is 13.6 Å². The van der Waals surface area contributed by atoms with Gasteiger partial charge in [0.2, 0.25) is 0 Å². The highest BCUT2D eigenvalue weighted by atomic mass is 19.1. The van der Waals surface area contributed by atoms with Crippen LogP contribution in [0.15, 0.2) is 48.5 Å². The monoisotopic (exact) mass is 416 g/mol. The van der Waals surface area contributed by atoms with Gasteiger partial charge in [-0.3, -0.25) is 4.90 Å². The molecule has 30 heavy (non-hydrogen) atoms. The van der Waals surface area contributed by atoms with E-state index in [-0.39, 0.29) is 17.7 Å². The number of benzene rings is 2. The molecule has 162 valence electrons. The van der Waals surface area contributed by atoms with Crippen molar-refractivity contribution in [3.05, 3.63) is 71.3 Å². The molecule has 0 saturated carbocycles. The molecule has 2 aromatic carbocycles. The van der Waals surface area contributed by atoms with Crippen LogP contribution in [0.4, 0.5) is 13.6 Å². The molecule has 1 heterocycles. The van der Waals surface area contributed by atoms with Gasteiger partial charge < -0.3 is 15.1 Å².